The first kappa shape index (κ1) is 9.50. The van der Waals surface area contributed by atoms with Crippen LogP contribution in [0.25, 0.3) is 11.4 Å². The SMILES string of the molecule is NCc1nc(-c2cccc3c2COC3)no1. The molecule has 1 aromatic heterocycles. The highest BCUT2D eigenvalue weighted by Crippen LogP contribution is 2.29. The van der Waals surface area contributed by atoms with E-state index in [9.17, 15) is 0 Å². The van der Waals surface area contributed by atoms with Crippen LogP contribution in [0.1, 0.15) is 17.0 Å². The third kappa shape index (κ3) is 1.41. The Morgan fingerprint density at radius 2 is 2.25 bits per heavy atom. The van der Waals surface area contributed by atoms with Gasteiger partial charge in [0.2, 0.25) is 11.7 Å². The van der Waals surface area contributed by atoms with Gasteiger partial charge in [-0.2, -0.15) is 4.98 Å². The fourth-order valence-corrected chi connectivity index (χ4v) is 1.86. The second kappa shape index (κ2) is 3.70. The lowest BCUT2D eigenvalue weighted by Gasteiger charge is -2.01. The second-order valence-corrected chi connectivity index (χ2v) is 3.65. The fourth-order valence-electron chi connectivity index (χ4n) is 1.86. The number of ether oxygens (including phenoxy) is 1. The topological polar surface area (TPSA) is 74.2 Å². The molecule has 0 atom stereocenters. The van der Waals surface area contributed by atoms with Gasteiger partial charge < -0.3 is 15.0 Å². The summed E-state index contributed by atoms with van der Waals surface area (Å²) in [5.41, 5.74) is 8.74. The highest BCUT2D eigenvalue weighted by Gasteiger charge is 2.18. The van der Waals surface area contributed by atoms with E-state index in [-0.39, 0.29) is 6.54 Å². The first-order valence-electron chi connectivity index (χ1n) is 5.10. The quantitative estimate of drug-likeness (QED) is 0.818. The third-order valence-corrected chi connectivity index (χ3v) is 2.66. The van der Waals surface area contributed by atoms with Crippen molar-refractivity contribution in [3.05, 3.63) is 35.2 Å². The Balaban J connectivity index is 2.09. The Morgan fingerprint density at radius 3 is 3.06 bits per heavy atom. The molecular weight excluding hydrogens is 206 g/mol. The van der Waals surface area contributed by atoms with Crippen LogP contribution < -0.4 is 5.73 Å². The number of benzene rings is 1. The van der Waals surface area contributed by atoms with E-state index in [0.29, 0.717) is 24.9 Å². The smallest absolute Gasteiger partial charge is 0.240 e. The van der Waals surface area contributed by atoms with Gasteiger partial charge in [-0.05, 0) is 11.1 Å². The molecule has 0 spiro atoms. The van der Waals surface area contributed by atoms with Gasteiger partial charge in [0.25, 0.3) is 0 Å². The predicted molar refractivity (Wildman–Crippen MR) is 56.1 cm³/mol. The maximum Gasteiger partial charge on any atom is 0.240 e. The number of nitrogens with zero attached hydrogens (tertiary/aromatic N) is 2. The zero-order valence-electron chi connectivity index (χ0n) is 8.64. The van der Waals surface area contributed by atoms with Crippen molar-refractivity contribution in [3.8, 4) is 11.4 Å². The van der Waals surface area contributed by atoms with Crippen molar-refractivity contribution in [3.63, 3.8) is 0 Å². The molecule has 2 heterocycles. The van der Waals surface area contributed by atoms with E-state index in [1.807, 2.05) is 12.1 Å². The van der Waals surface area contributed by atoms with Crippen LogP contribution >= 0.6 is 0 Å². The van der Waals surface area contributed by atoms with Crippen LogP contribution in [0.15, 0.2) is 22.7 Å². The Morgan fingerprint density at radius 1 is 1.31 bits per heavy atom. The molecule has 82 valence electrons. The lowest BCUT2D eigenvalue weighted by molar-refractivity contribution is 0.134. The molecule has 0 saturated carbocycles. The molecule has 0 fully saturated rings. The summed E-state index contributed by atoms with van der Waals surface area (Å²) in [5.74, 6) is 1.04. The van der Waals surface area contributed by atoms with Crippen LogP contribution in [0.5, 0.6) is 0 Å². The first-order chi connectivity index (χ1) is 7.88. The van der Waals surface area contributed by atoms with Crippen LogP contribution in [-0.4, -0.2) is 10.1 Å². The predicted octanol–water partition coefficient (Wildman–Crippen LogP) is 1.23. The molecule has 2 aromatic rings. The lowest BCUT2D eigenvalue weighted by atomic mass is 10.0. The molecule has 5 heteroatoms. The van der Waals surface area contributed by atoms with E-state index in [0.717, 1.165) is 11.1 Å². The van der Waals surface area contributed by atoms with Crippen LogP contribution in [0.3, 0.4) is 0 Å². The van der Waals surface area contributed by atoms with Gasteiger partial charge in [0.1, 0.15) is 0 Å². The third-order valence-electron chi connectivity index (χ3n) is 2.66. The summed E-state index contributed by atoms with van der Waals surface area (Å²) in [6, 6.07) is 6.00. The fraction of sp³-hybridized carbons (Fsp3) is 0.273. The van der Waals surface area contributed by atoms with Crippen molar-refractivity contribution in [2.24, 2.45) is 5.73 Å². The standard InChI is InChI=1S/C11H11N3O2/c12-4-10-13-11(14-16-10)8-3-1-2-7-5-15-6-9(7)8/h1-3H,4-6,12H2. The summed E-state index contributed by atoms with van der Waals surface area (Å²) in [4.78, 5) is 4.22. The summed E-state index contributed by atoms with van der Waals surface area (Å²) < 4.78 is 10.4. The number of fused-ring (bicyclic) bond motifs is 1. The van der Waals surface area contributed by atoms with E-state index in [2.05, 4.69) is 16.2 Å². The van der Waals surface area contributed by atoms with Crippen molar-refractivity contribution in [1.82, 2.24) is 10.1 Å². The van der Waals surface area contributed by atoms with Crippen LogP contribution in [-0.2, 0) is 24.5 Å². The molecule has 0 radical (unpaired) electrons. The molecule has 1 aliphatic heterocycles. The number of nitrogens with two attached hydrogens (primary N) is 1. The molecule has 2 N–H and O–H groups in total. The van der Waals surface area contributed by atoms with Gasteiger partial charge in [-0.3, -0.25) is 0 Å². The highest BCUT2D eigenvalue weighted by molar-refractivity contribution is 5.62. The molecular formula is C11H11N3O2. The van der Waals surface area contributed by atoms with Gasteiger partial charge in [-0.25, -0.2) is 0 Å². The number of rotatable bonds is 2. The van der Waals surface area contributed by atoms with Crippen molar-refractivity contribution in [2.75, 3.05) is 0 Å². The van der Waals surface area contributed by atoms with Gasteiger partial charge in [-0.1, -0.05) is 23.4 Å². The molecule has 0 aliphatic carbocycles. The van der Waals surface area contributed by atoms with Gasteiger partial charge >= 0.3 is 0 Å². The Labute approximate surface area is 92.2 Å². The first-order valence-corrected chi connectivity index (χ1v) is 5.10. The van der Waals surface area contributed by atoms with Crippen LogP contribution in [0.4, 0.5) is 0 Å². The normalized spacial score (nSPS) is 14.1. The molecule has 16 heavy (non-hydrogen) atoms. The molecule has 1 aromatic carbocycles. The van der Waals surface area contributed by atoms with Crippen molar-refractivity contribution >= 4 is 0 Å². The summed E-state index contributed by atoms with van der Waals surface area (Å²) in [6.45, 7) is 1.53. The van der Waals surface area contributed by atoms with Crippen LogP contribution in [0.2, 0.25) is 0 Å². The average Bonchev–Trinajstić information content (AvgIpc) is 2.97. The monoisotopic (exact) mass is 217 g/mol. The minimum absolute atomic E-state index is 0.262. The zero-order chi connectivity index (χ0) is 11.0. The van der Waals surface area contributed by atoms with E-state index in [1.54, 1.807) is 0 Å². The zero-order valence-corrected chi connectivity index (χ0v) is 8.64. The molecule has 0 unspecified atom stereocenters. The van der Waals surface area contributed by atoms with Gasteiger partial charge in [0, 0.05) is 5.56 Å². The average molecular weight is 217 g/mol. The minimum atomic E-state index is 0.262. The highest BCUT2D eigenvalue weighted by atomic mass is 16.5. The maximum atomic E-state index is 5.43. The summed E-state index contributed by atoms with van der Waals surface area (Å²) >= 11 is 0. The van der Waals surface area contributed by atoms with Crippen molar-refractivity contribution in [2.45, 2.75) is 19.8 Å². The maximum absolute atomic E-state index is 5.43. The Hall–Kier alpha value is -1.72. The van der Waals surface area contributed by atoms with Crippen LogP contribution in [0, 0.1) is 0 Å². The van der Waals surface area contributed by atoms with Gasteiger partial charge in [0.15, 0.2) is 0 Å². The summed E-state index contributed by atoms with van der Waals surface area (Å²) in [7, 11) is 0. The minimum Gasteiger partial charge on any atom is -0.372 e. The molecule has 1 aliphatic rings. The van der Waals surface area contributed by atoms with E-state index < -0.39 is 0 Å². The van der Waals surface area contributed by atoms with Gasteiger partial charge in [-0.15, -0.1) is 0 Å². The Kier molecular flexibility index (Phi) is 2.19. The summed E-state index contributed by atoms with van der Waals surface area (Å²) in [6.07, 6.45) is 0. The number of hydrogen-bond acceptors (Lipinski definition) is 5. The van der Waals surface area contributed by atoms with E-state index in [1.165, 1.54) is 5.56 Å². The lowest BCUT2D eigenvalue weighted by Crippen LogP contribution is -1.96. The van der Waals surface area contributed by atoms with E-state index in [4.69, 9.17) is 15.0 Å². The van der Waals surface area contributed by atoms with Gasteiger partial charge in [0.05, 0.1) is 19.8 Å². The molecule has 0 amide bonds. The molecule has 3 rings (SSSR count). The molecule has 0 bridgehead atoms. The van der Waals surface area contributed by atoms with Crippen molar-refractivity contribution < 1.29 is 9.26 Å². The van der Waals surface area contributed by atoms with Crippen molar-refractivity contribution in [1.29, 1.82) is 0 Å². The number of aromatic nitrogens is 2. The molecule has 0 saturated heterocycles. The largest absolute Gasteiger partial charge is 0.372 e. The number of hydrogen-bond donors (Lipinski definition) is 1. The molecule has 5 nitrogen and oxygen atoms in total. The second-order valence-electron chi connectivity index (χ2n) is 3.65. The summed E-state index contributed by atoms with van der Waals surface area (Å²) in [5, 5.41) is 3.91. The van der Waals surface area contributed by atoms with E-state index >= 15 is 0 Å². The Bertz CT molecular complexity index is 522.